The lowest BCUT2D eigenvalue weighted by Gasteiger charge is -2.19. The predicted octanol–water partition coefficient (Wildman–Crippen LogP) is 2.73. The molecule has 2 heterocycles. The summed E-state index contributed by atoms with van der Waals surface area (Å²) in [7, 11) is 0. The number of aryl methyl sites for hydroxylation is 1. The van der Waals surface area contributed by atoms with Crippen molar-refractivity contribution in [2.24, 2.45) is 4.99 Å². The van der Waals surface area contributed by atoms with Crippen molar-refractivity contribution in [3.63, 3.8) is 0 Å². The van der Waals surface area contributed by atoms with Gasteiger partial charge >= 0.3 is 0 Å². The van der Waals surface area contributed by atoms with Crippen LogP contribution in [0.25, 0.3) is 0 Å². The summed E-state index contributed by atoms with van der Waals surface area (Å²) in [5.41, 5.74) is 2.14. The van der Waals surface area contributed by atoms with E-state index in [0.29, 0.717) is 6.54 Å². The first-order valence-corrected chi connectivity index (χ1v) is 9.62. The molecule has 2 N–H and O–H groups in total. The van der Waals surface area contributed by atoms with Gasteiger partial charge in [-0.05, 0) is 24.6 Å². The minimum atomic E-state index is 0.136. The van der Waals surface area contributed by atoms with E-state index in [9.17, 15) is 0 Å². The van der Waals surface area contributed by atoms with E-state index >= 15 is 0 Å². The van der Waals surface area contributed by atoms with Crippen molar-refractivity contribution in [1.82, 2.24) is 30.4 Å². The number of nitrogens with one attached hydrogen (secondary N) is 2. The fourth-order valence-corrected chi connectivity index (χ4v) is 2.87. The van der Waals surface area contributed by atoms with Gasteiger partial charge in [0.15, 0.2) is 5.96 Å². The second-order valence-corrected chi connectivity index (χ2v) is 6.48. The van der Waals surface area contributed by atoms with Crippen molar-refractivity contribution in [3.8, 4) is 0 Å². The summed E-state index contributed by atoms with van der Waals surface area (Å²) in [6.07, 6.45) is 4.42. The molecule has 3 aromatic rings. The Kier molecular flexibility index (Phi) is 7.12. The lowest BCUT2D eigenvalue weighted by Crippen LogP contribution is -2.40. The Balaban J connectivity index is 1.65. The molecule has 0 spiro atoms. The molecule has 0 radical (unpaired) electrons. The average molecular weight is 377 g/mol. The Morgan fingerprint density at radius 2 is 1.96 bits per heavy atom. The fourth-order valence-electron chi connectivity index (χ4n) is 2.87. The molecule has 7 heteroatoms. The van der Waals surface area contributed by atoms with Gasteiger partial charge in [-0.2, -0.15) is 0 Å². The van der Waals surface area contributed by atoms with Crippen molar-refractivity contribution in [2.75, 3.05) is 6.54 Å². The third kappa shape index (κ3) is 5.64. The highest BCUT2D eigenvalue weighted by Gasteiger charge is 2.08. The van der Waals surface area contributed by atoms with E-state index in [0.717, 1.165) is 37.0 Å². The Morgan fingerprint density at radius 3 is 2.71 bits per heavy atom. The van der Waals surface area contributed by atoms with E-state index in [1.165, 1.54) is 5.56 Å². The summed E-state index contributed by atoms with van der Waals surface area (Å²) in [6.45, 7) is 6.23. The summed E-state index contributed by atoms with van der Waals surface area (Å²) < 4.78 is 2.06. The van der Waals surface area contributed by atoms with Gasteiger partial charge in [-0.3, -0.25) is 4.98 Å². The molecule has 0 amide bonds. The molecular weight excluding hydrogens is 350 g/mol. The van der Waals surface area contributed by atoms with E-state index in [4.69, 9.17) is 4.99 Å². The molecule has 1 atom stereocenters. The molecule has 0 saturated carbocycles. The fraction of sp³-hybridized carbons (Fsp3) is 0.333. The number of hydrogen-bond acceptors (Lipinski definition) is 4. The lowest BCUT2D eigenvalue weighted by molar-refractivity contribution is 0.618. The zero-order valence-corrected chi connectivity index (χ0v) is 16.4. The first-order chi connectivity index (χ1) is 13.8. The molecule has 0 aliphatic carbocycles. The highest BCUT2D eigenvalue weighted by atomic mass is 15.3. The second kappa shape index (κ2) is 10.2. The van der Waals surface area contributed by atoms with Gasteiger partial charge in [-0.15, -0.1) is 10.2 Å². The minimum Gasteiger partial charge on any atom is -0.355 e. The maximum Gasteiger partial charge on any atom is 0.192 e. The molecule has 0 aliphatic rings. The molecule has 0 saturated heterocycles. The highest BCUT2D eigenvalue weighted by Crippen LogP contribution is 2.11. The van der Waals surface area contributed by atoms with E-state index in [2.05, 4.69) is 56.4 Å². The van der Waals surface area contributed by atoms with Crippen molar-refractivity contribution >= 4 is 5.96 Å². The molecule has 2 aromatic heterocycles. The second-order valence-electron chi connectivity index (χ2n) is 6.48. The van der Waals surface area contributed by atoms with Crippen molar-refractivity contribution in [1.29, 1.82) is 0 Å². The molecule has 28 heavy (non-hydrogen) atoms. The van der Waals surface area contributed by atoms with Crippen LogP contribution in [-0.2, 0) is 19.5 Å². The lowest BCUT2D eigenvalue weighted by atomic mass is 10.1. The van der Waals surface area contributed by atoms with E-state index < -0.39 is 0 Å². The zero-order valence-electron chi connectivity index (χ0n) is 16.4. The van der Waals surface area contributed by atoms with Crippen LogP contribution < -0.4 is 10.6 Å². The van der Waals surface area contributed by atoms with E-state index in [1.54, 1.807) is 12.5 Å². The number of hydrogen-bond donors (Lipinski definition) is 2. The van der Waals surface area contributed by atoms with Gasteiger partial charge in [-0.1, -0.05) is 43.3 Å². The standard InChI is InChI=1S/C21H27N7/c1-3-20-27-25-16-28(20)14-13-23-21(24-15-19-11-7-8-12-22-19)26-17(2)18-9-5-4-6-10-18/h4-12,16-17H,3,13-15H2,1-2H3,(H2,23,24,26). The van der Waals surface area contributed by atoms with Crippen LogP contribution in [0.3, 0.4) is 0 Å². The molecule has 0 bridgehead atoms. The average Bonchev–Trinajstić information content (AvgIpc) is 3.20. The first kappa shape index (κ1) is 19.5. The Morgan fingerprint density at radius 1 is 1.14 bits per heavy atom. The first-order valence-electron chi connectivity index (χ1n) is 9.62. The van der Waals surface area contributed by atoms with Gasteiger partial charge in [0.25, 0.3) is 0 Å². The summed E-state index contributed by atoms with van der Waals surface area (Å²) in [5.74, 6) is 1.74. The van der Waals surface area contributed by atoms with Crippen molar-refractivity contribution < 1.29 is 0 Å². The van der Waals surface area contributed by atoms with Crippen LogP contribution >= 0.6 is 0 Å². The molecule has 0 aliphatic heterocycles. The SMILES string of the molecule is CCc1nncn1CCNC(=NCc1ccccn1)NC(C)c1ccccc1. The predicted molar refractivity (Wildman–Crippen MR) is 111 cm³/mol. The monoisotopic (exact) mass is 377 g/mol. The van der Waals surface area contributed by atoms with Crippen LogP contribution in [0.15, 0.2) is 66.0 Å². The molecule has 3 rings (SSSR count). The van der Waals surface area contributed by atoms with Crippen molar-refractivity contribution in [3.05, 3.63) is 78.1 Å². The number of benzene rings is 1. The Bertz CT molecular complexity index is 859. The van der Waals surface area contributed by atoms with Gasteiger partial charge in [0.1, 0.15) is 12.2 Å². The van der Waals surface area contributed by atoms with Crippen molar-refractivity contribution in [2.45, 2.75) is 39.4 Å². The van der Waals surface area contributed by atoms with Crippen LogP contribution in [0.1, 0.15) is 37.0 Å². The molecule has 0 fully saturated rings. The smallest absolute Gasteiger partial charge is 0.192 e. The Labute approximate surface area is 166 Å². The third-order valence-corrected chi connectivity index (χ3v) is 4.44. The Hall–Kier alpha value is -3.22. The zero-order chi connectivity index (χ0) is 19.6. The number of guanidine groups is 1. The summed E-state index contributed by atoms with van der Waals surface area (Å²) in [4.78, 5) is 9.06. The van der Waals surface area contributed by atoms with Gasteiger partial charge in [0.2, 0.25) is 0 Å². The normalized spacial score (nSPS) is 12.6. The summed E-state index contributed by atoms with van der Waals surface area (Å²) in [6, 6.07) is 16.3. The maximum absolute atomic E-state index is 4.71. The largest absolute Gasteiger partial charge is 0.355 e. The number of rotatable bonds is 8. The number of aromatic nitrogens is 4. The summed E-state index contributed by atoms with van der Waals surface area (Å²) in [5, 5.41) is 15.0. The maximum atomic E-state index is 4.71. The topological polar surface area (TPSA) is 80.0 Å². The van der Waals surface area contributed by atoms with Gasteiger partial charge in [0.05, 0.1) is 18.3 Å². The number of nitrogens with zero attached hydrogens (tertiary/aromatic N) is 5. The molecule has 7 nitrogen and oxygen atoms in total. The van der Waals surface area contributed by atoms with Crippen LogP contribution in [-0.4, -0.2) is 32.3 Å². The molecular formula is C21H27N7. The minimum absolute atomic E-state index is 0.136. The summed E-state index contributed by atoms with van der Waals surface area (Å²) >= 11 is 0. The molecule has 1 unspecified atom stereocenters. The molecule has 146 valence electrons. The third-order valence-electron chi connectivity index (χ3n) is 4.44. The van der Waals surface area contributed by atoms with Crippen LogP contribution in [0, 0.1) is 0 Å². The number of aliphatic imine (C=N–C) groups is 1. The van der Waals surface area contributed by atoms with E-state index in [1.807, 2.05) is 36.4 Å². The van der Waals surface area contributed by atoms with Gasteiger partial charge in [-0.25, -0.2) is 4.99 Å². The van der Waals surface area contributed by atoms with E-state index in [-0.39, 0.29) is 6.04 Å². The van der Waals surface area contributed by atoms with Crippen LogP contribution in [0.2, 0.25) is 0 Å². The molecule has 1 aromatic carbocycles. The van der Waals surface area contributed by atoms with Crippen LogP contribution in [0.5, 0.6) is 0 Å². The highest BCUT2D eigenvalue weighted by molar-refractivity contribution is 5.80. The van der Waals surface area contributed by atoms with Crippen LogP contribution in [0.4, 0.5) is 0 Å². The van der Waals surface area contributed by atoms with Gasteiger partial charge in [0, 0.05) is 25.7 Å². The quantitative estimate of drug-likeness (QED) is 0.466. The van der Waals surface area contributed by atoms with Gasteiger partial charge < -0.3 is 15.2 Å². The number of pyridine rings is 1.